The van der Waals surface area contributed by atoms with Crippen LogP contribution in [0.5, 0.6) is 0 Å². The minimum atomic E-state index is -0.00855. The molecule has 0 fully saturated rings. The standard InChI is InChI=1S/C13H22O2/c1-2-3-4-5-6-7-8-9-10-13-14-11-12-15-13/h2,11-13H,1,3-10H2. The number of hydrogen-bond donors (Lipinski definition) is 0. The zero-order valence-electron chi connectivity index (χ0n) is 9.49. The zero-order valence-corrected chi connectivity index (χ0v) is 9.49. The van der Waals surface area contributed by atoms with E-state index in [1.54, 1.807) is 12.5 Å². The zero-order chi connectivity index (χ0) is 10.8. The Bertz CT molecular complexity index is 179. The molecule has 0 aromatic rings. The summed E-state index contributed by atoms with van der Waals surface area (Å²) in [5, 5.41) is 0. The fourth-order valence-corrected chi connectivity index (χ4v) is 1.71. The van der Waals surface area contributed by atoms with Gasteiger partial charge in [0, 0.05) is 6.42 Å². The second-order valence-corrected chi connectivity index (χ2v) is 3.96. The van der Waals surface area contributed by atoms with E-state index in [-0.39, 0.29) is 6.29 Å². The monoisotopic (exact) mass is 210 g/mol. The molecule has 0 bridgehead atoms. The van der Waals surface area contributed by atoms with Crippen molar-refractivity contribution < 1.29 is 9.47 Å². The van der Waals surface area contributed by atoms with E-state index in [4.69, 9.17) is 9.47 Å². The second kappa shape index (κ2) is 8.39. The number of hydrogen-bond acceptors (Lipinski definition) is 2. The van der Waals surface area contributed by atoms with Gasteiger partial charge in [0.2, 0.25) is 6.29 Å². The summed E-state index contributed by atoms with van der Waals surface area (Å²) in [5.74, 6) is 0. The smallest absolute Gasteiger partial charge is 0.239 e. The largest absolute Gasteiger partial charge is 0.459 e. The molecule has 0 radical (unpaired) electrons. The van der Waals surface area contributed by atoms with Crippen molar-refractivity contribution >= 4 is 0 Å². The van der Waals surface area contributed by atoms with Crippen molar-refractivity contribution in [3.63, 3.8) is 0 Å². The van der Waals surface area contributed by atoms with E-state index in [0.29, 0.717) is 0 Å². The van der Waals surface area contributed by atoms with Crippen LogP contribution in [0.4, 0.5) is 0 Å². The van der Waals surface area contributed by atoms with Crippen LogP contribution in [0.2, 0.25) is 0 Å². The van der Waals surface area contributed by atoms with Crippen LogP contribution in [0.3, 0.4) is 0 Å². The molecule has 1 heterocycles. The summed E-state index contributed by atoms with van der Waals surface area (Å²) in [4.78, 5) is 0. The van der Waals surface area contributed by atoms with Crippen LogP contribution < -0.4 is 0 Å². The van der Waals surface area contributed by atoms with Crippen LogP contribution >= 0.6 is 0 Å². The lowest BCUT2D eigenvalue weighted by molar-refractivity contribution is -0.0295. The first kappa shape index (κ1) is 12.2. The molecule has 1 aliphatic heterocycles. The molecule has 0 atom stereocenters. The maximum Gasteiger partial charge on any atom is 0.239 e. The van der Waals surface area contributed by atoms with Crippen molar-refractivity contribution in [3.8, 4) is 0 Å². The molecule has 0 N–H and O–H groups in total. The van der Waals surface area contributed by atoms with E-state index in [1.165, 1.54) is 38.5 Å². The number of unbranched alkanes of at least 4 members (excludes halogenated alkanes) is 6. The molecule has 0 aromatic carbocycles. The summed E-state index contributed by atoms with van der Waals surface area (Å²) in [6.07, 6.45) is 15.2. The Kier molecular flexibility index (Phi) is 6.80. The molecule has 2 heteroatoms. The highest BCUT2D eigenvalue weighted by Crippen LogP contribution is 2.14. The SMILES string of the molecule is C=CCCCCCCCCC1OC=CO1. The molecule has 0 aromatic heterocycles. The van der Waals surface area contributed by atoms with Gasteiger partial charge in [0.1, 0.15) is 12.5 Å². The predicted octanol–water partition coefficient (Wildman–Crippen LogP) is 4.14. The van der Waals surface area contributed by atoms with Gasteiger partial charge in [0.15, 0.2) is 0 Å². The van der Waals surface area contributed by atoms with Gasteiger partial charge in [-0.2, -0.15) is 0 Å². The number of rotatable bonds is 9. The Hall–Kier alpha value is -0.920. The van der Waals surface area contributed by atoms with E-state index in [0.717, 1.165) is 12.8 Å². The molecule has 0 spiro atoms. The summed E-state index contributed by atoms with van der Waals surface area (Å²) < 4.78 is 10.4. The van der Waals surface area contributed by atoms with Crippen LogP contribution in [0.15, 0.2) is 25.2 Å². The van der Waals surface area contributed by atoms with Gasteiger partial charge in [0.05, 0.1) is 0 Å². The Morgan fingerprint density at radius 3 is 2.20 bits per heavy atom. The molecule has 0 amide bonds. The second-order valence-electron chi connectivity index (χ2n) is 3.96. The molecule has 2 nitrogen and oxygen atoms in total. The lowest BCUT2D eigenvalue weighted by atomic mass is 10.1. The highest BCUT2D eigenvalue weighted by molar-refractivity contribution is 4.70. The fourth-order valence-electron chi connectivity index (χ4n) is 1.71. The van der Waals surface area contributed by atoms with Crippen molar-refractivity contribution in [3.05, 3.63) is 25.2 Å². The molecular weight excluding hydrogens is 188 g/mol. The van der Waals surface area contributed by atoms with E-state index < -0.39 is 0 Å². The van der Waals surface area contributed by atoms with Crippen molar-refractivity contribution in [2.75, 3.05) is 0 Å². The summed E-state index contributed by atoms with van der Waals surface area (Å²) in [7, 11) is 0. The third-order valence-corrected chi connectivity index (χ3v) is 2.61. The quantitative estimate of drug-likeness (QED) is 0.420. The van der Waals surface area contributed by atoms with E-state index in [1.807, 2.05) is 6.08 Å². The van der Waals surface area contributed by atoms with E-state index in [2.05, 4.69) is 6.58 Å². The highest BCUT2D eigenvalue weighted by atomic mass is 16.7. The summed E-state index contributed by atoms with van der Waals surface area (Å²) in [6, 6.07) is 0. The summed E-state index contributed by atoms with van der Waals surface area (Å²) in [6.45, 7) is 3.72. The van der Waals surface area contributed by atoms with Gasteiger partial charge in [-0.25, -0.2) is 0 Å². The molecule has 0 saturated carbocycles. The third-order valence-electron chi connectivity index (χ3n) is 2.61. The Morgan fingerprint density at radius 2 is 1.53 bits per heavy atom. The molecule has 86 valence electrons. The van der Waals surface area contributed by atoms with Crippen molar-refractivity contribution in [2.45, 2.75) is 57.7 Å². The van der Waals surface area contributed by atoms with Crippen LogP contribution in [0, 0.1) is 0 Å². The summed E-state index contributed by atoms with van der Waals surface area (Å²) >= 11 is 0. The minimum Gasteiger partial charge on any atom is -0.459 e. The van der Waals surface area contributed by atoms with Gasteiger partial charge in [-0.15, -0.1) is 6.58 Å². The topological polar surface area (TPSA) is 18.5 Å². The maximum atomic E-state index is 5.20. The first-order chi connectivity index (χ1) is 7.43. The average molecular weight is 210 g/mol. The normalized spacial score (nSPS) is 14.9. The van der Waals surface area contributed by atoms with Gasteiger partial charge in [0.25, 0.3) is 0 Å². The molecule has 0 saturated heterocycles. The van der Waals surface area contributed by atoms with Crippen molar-refractivity contribution in [1.82, 2.24) is 0 Å². The fraction of sp³-hybridized carbons (Fsp3) is 0.692. The molecule has 0 unspecified atom stereocenters. The third kappa shape index (κ3) is 6.21. The first-order valence-corrected chi connectivity index (χ1v) is 6.00. The van der Waals surface area contributed by atoms with Gasteiger partial charge in [-0.05, 0) is 19.3 Å². The minimum absolute atomic E-state index is 0.00855. The van der Waals surface area contributed by atoms with Gasteiger partial charge in [-0.1, -0.05) is 31.8 Å². The van der Waals surface area contributed by atoms with Gasteiger partial charge < -0.3 is 9.47 Å². The first-order valence-electron chi connectivity index (χ1n) is 6.00. The molecule has 1 rings (SSSR count). The molecule has 1 aliphatic rings. The van der Waals surface area contributed by atoms with Crippen LogP contribution in [-0.2, 0) is 9.47 Å². The number of ether oxygens (including phenoxy) is 2. The Labute approximate surface area is 93.0 Å². The number of allylic oxidation sites excluding steroid dienone is 1. The van der Waals surface area contributed by atoms with Crippen molar-refractivity contribution in [1.29, 1.82) is 0 Å². The van der Waals surface area contributed by atoms with Crippen LogP contribution in [-0.4, -0.2) is 6.29 Å². The van der Waals surface area contributed by atoms with Gasteiger partial charge in [-0.3, -0.25) is 0 Å². The molecule has 15 heavy (non-hydrogen) atoms. The molecular formula is C13H22O2. The Morgan fingerprint density at radius 1 is 0.933 bits per heavy atom. The van der Waals surface area contributed by atoms with E-state index in [9.17, 15) is 0 Å². The lowest BCUT2D eigenvalue weighted by Crippen LogP contribution is -2.06. The predicted molar refractivity (Wildman–Crippen MR) is 62.2 cm³/mol. The summed E-state index contributed by atoms with van der Waals surface area (Å²) in [5.41, 5.74) is 0. The van der Waals surface area contributed by atoms with Crippen LogP contribution in [0.1, 0.15) is 51.4 Å². The van der Waals surface area contributed by atoms with E-state index >= 15 is 0 Å². The van der Waals surface area contributed by atoms with Crippen molar-refractivity contribution in [2.24, 2.45) is 0 Å². The van der Waals surface area contributed by atoms with Crippen LogP contribution in [0.25, 0.3) is 0 Å². The Balaban J connectivity index is 1.75. The average Bonchev–Trinajstić information content (AvgIpc) is 2.75. The maximum absolute atomic E-state index is 5.20. The lowest BCUT2D eigenvalue weighted by Gasteiger charge is -2.09. The highest BCUT2D eigenvalue weighted by Gasteiger charge is 2.10. The van der Waals surface area contributed by atoms with Gasteiger partial charge >= 0.3 is 0 Å². The molecule has 0 aliphatic carbocycles.